The monoisotopic (exact) mass is 577 g/mol. The van der Waals surface area contributed by atoms with E-state index in [-0.39, 0.29) is 10.9 Å². The standard InChI is InChI=1S/C25H29BrClN5O2S/c1-15-10-18(26)11-16(2)23(15)21-13-29-25(31-24(21)28)30-19-6-8-32(9-7-19)14-17-4-5-20(12-22(17)27)35(3,33)34/h4-5,10-13,19H,6-9,14H2,1-3H3,(H3,28,29,30,31). The fourth-order valence-corrected chi connectivity index (χ4v) is 6.18. The smallest absolute Gasteiger partial charge is 0.224 e. The van der Waals surface area contributed by atoms with Gasteiger partial charge >= 0.3 is 0 Å². The van der Waals surface area contributed by atoms with Crippen LogP contribution in [-0.4, -0.2) is 48.7 Å². The highest BCUT2D eigenvalue weighted by molar-refractivity contribution is 9.10. The summed E-state index contributed by atoms with van der Waals surface area (Å²) in [6.07, 6.45) is 4.83. The second-order valence-corrected chi connectivity index (χ2v) is 12.5. The van der Waals surface area contributed by atoms with Crippen LogP contribution in [0.4, 0.5) is 11.8 Å². The average Bonchev–Trinajstić information content (AvgIpc) is 2.76. The molecule has 0 bridgehead atoms. The summed E-state index contributed by atoms with van der Waals surface area (Å²) < 4.78 is 24.5. The average molecular weight is 579 g/mol. The molecule has 2 heterocycles. The van der Waals surface area contributed by atoms with Crippen molar-refractivity contribution in [2.24, 2.45) is 0 Å². The maximum Gasteiger partial charge on any atom is 0.224 e. The maximum absolute atomic E-state index is 11.7. The largest absolute Gasteiger partial charge is 0.383 e. The van der Waals surface area contributed by atoms with Gasteiger partial charge in [0.2, 0.25) is 5.95 Å². The molecule has 1 aromatic heterocycles. The molecule has 0 radical (unpaired) electrons. The number of aromatic nitrogens is 2. The summed E-state index contributed by atoms with van der Waals surface area (Å²) in [6, 6.07) is 9.33. The van der Waals surface area contributed by atoms with E-state index in [9.17, 15) is 8.42 Å². The van der Waals surface area contributed by atoms with Gasteiger partial charge in [-0.15, -0.1) is 0 Å². The number of nitrogen functional groups attached to an aromatic ring is 1. The molecule has 3 aromatic rings. The van der Waals surface area contributed by atoms with Crippen LogP contribution < -0.4 is 11.1 Å². The number of nitrogens with two attached hydrogens (primary N) is 1. The molecule has 10 heteroatoms. The number of halogens is 2. The topological polar surface area (TPSA) is 101 Å². The van der Waals surface area contributed by atoms with E-state index in [1.54, 1.807) is 18.3 Å². The van der Waals surface area contributed by atoms with Crippen molar-refractivity contribution >= 4 is 49.1 Å². The number of anilines is 2. The Balaban J connectivity index is 1.37. The van der Waals surface area contributed by atoms with E-state index in [0.29, 0.717) is 23.3 Å². The minimum absolute atomic E-state index is 0.241. The molecule has 1 fully saturated rings. The zero-order valence-corrected chi connectivity index (χ0v) is 23.1. The number of benzene rings is 2. The Kier molecular flexibility index (Phi) is 7.71. The molecule has 0 amide bonds. The summed E-state index contributed by atoms with van der Waals surface area (Å²) in [7, 11) is -3.27. The van der Waals surface area contributed by atoms with Crippen LogP contribution in [0.2, 0.25) is 5.02 Å². The third-order valence-electron chi connectivity index (χ3n) is 6.35. The quantitative estimate of drug-likeness (QED) is 0.413. The molecule has 1 aliphatic heterocycles. The van der Waals surface area contributed by atoms with Crippen molar-refractivity contribution in [1.82, 2.24) is 14.9 Å². The van der Waals surface area contributed by atoms with Gasteiger partial charge in [0.15, 0.2) is 9.84 Å². The first-order valence-corrected chi connectivity index (χ1v) is 14.4. The SMILES string of the molecule is Cc1cc(Br)cc(C)c1-c1cnc(NC2CCN(Cc3ccc(S(C)(=O)=O)cc3Cl)CC2)nc1N. The van der Waals surface area contributed by atoms with Gasteiger partial charge in [0.05, 0.1) is 4.90 Å². The molecule has 186 valence electrons. The lowest BCUT2D eigenvalue weighted by Crippen LogP contribution is -2.39. The van der Waals surface area contributed by atoms with Crippen LogP contribution in [0.5, 0.6) is 0 Å². The van der Waals surface area contributed by atoms with Gasteiger partial charge in [0.25, 0.3) is 0 Å². The first-order chi connectivity index (χ1) is 16.5. The molecule has 1 aliphatic rings. The lowest BCUT2D eigenvalue weighted by molar-refractivity contribution is 0.211. The number of sulfone groups is 1. The van der Waals surface area contributed by atoms with Gasteiger partial charge in [-0.2, -0.15) is 4.98 Å². The van der Waals surface area contributed by atoms with Crippen molar-refractivity contribution in [2.75, 3.05) is 30.4 Å². The first-order valence-electron chi connectivity index (χ1n) is 11.4. The number of likely N-dealkylation sites (tertiary alicyclic amines) is 1. The third kappa shape index (κ3) is 6.14. The number of aryl methyl sites for hydroxylation is 2. The molecule has 0 atom stereocenters. The Morgan fingerprint density at radius 1 is 1.17 bits per heavy atom. The van der Waals surface area contributed by atoms with Gasteiger partial charge in [0.1, 0.15) is 5.82 Å². The van der Waals surface area contributed by atoms with E-state index in [0.717, 1.165) is 58.2 Å². The second-order valence-electron chi connectivity index (χ2n) is 9.13. The summed E-state index contributed by atoms with van der Waals surface area (Å²) in [5.41, 5.74) is 11.4. The number of hydrogen-bond acceptors (Lipinski definition) is 7. The molecule has 0 spiro atoms. The Morgan fingerprint density at radius 2 is 1.83 bits per heavy atom. The second kappa shape index (κ2) is 10.4. The third-order valence-corrected chi connectivity index (χ3v) is 8.27. The molecule has 4 rings (SSSR count). The normalized spacial score (nSPS) is 15.3. The highest BCUT2D eigenvalue weighted by Gasteiger charge is 2.22. The molecular weight excluding hydrogens is 550 g/mol. The van der Waals surface area contributed by atoms with Crippen molar-refractivity contribution < 1.29 is 8.42 Å². The van der Waals surface area contributed by atoms with Crippen molar-refractivity contribution in [2.45, 2.75) is 44.2 Å². The van der Waals surface area contributed by atoms with Crippen molar-refractivity contribution in [1.29, 1.82) is 0 Å². The summed E-state index contributed by atoms with van der Waals surface area (Å²) in [6.45, 7) is 6.55. The van der Waals surface area contributed by atoms with E-state index >= 15 is 0 Å². The lowest BCUT2D eigenvalue weighted by atomic mass is 9.97. The van der Waals surface area contributed by atoms with Gasteiger partial charge in [-0.05, 0) is 73.2 Å². The van der Waals surface area contributed by atoms with Gasteiger partial charge in [-0.1, -0.05) is 33.6 Å². The van der Waals surface area contributed by atoms with E-state index in [1.807, 2.05) is 0 Å². The van der Waals surface area contributed by atoms with E-state index < -0.39 is 9.84 Å². The number of nitrogens with zero attached hydrogens (tertiary/aromatic N) is 3. The Bertz CT molecular complexity index is 1330. The first kappa shape index (κ1) is 25.9. The van der Waals surface area contributed by atoms with Crippen LogP contribution in [0, 0.1) is 13.8 Å². The zero-order valence-electron chi connectivity index (χ0n) is 20.0. The van der Waals surface area contributed by atoms with Gasteiger partial charge in [-0.3, -0.25) is 4.90 Å². The number of piperidine rings is 1. The Morgan fingerprint density at radius 3 is 2.40 bits per heavy atom. The predicted octanol–water partition coefficient (Wildman–Crippen LogP) is 5.24. The van der Waals surface area contributed by atoms with Crippen LogP contribution in [0.25, 0.3) is 11.1 Å². The molecule has 0 unspecified atom stereocenters. The van der Waals surface area contributed by atoms with E-state index in [4.69, 9.17) is 17.3 Å². The number of nitrogens with one attached hydrogen (secondary N) is 1. The Hall–Kier alpha value is -2.20. The number of rotatable bonds is 6. The van der Waals surface area contributed by atoms with Gasteiger partial charge < -0.3 is 11.1 Å². The highest BCUT2D eigenvalue weighted by Crippen LogP contribution is 2.33. The van der Waals surface area contributed by atoms with E-state index in [2.05, 4.69) is 62.1 Å². The highest BCUT2D eigenvalue weighted by atomic mass is 79.9. The molecule has 1 saturated heterocycles. The maximum atomic E-state index is 11.7. The molecule has 2 aromatic carbocycles. The molecule has 0 aliphatic carbocycles. The minimum atomic E-state index is -3.27. The van der Waals surface area contributed by atoms with Crippen LogP contribution in [0.3, 0.4) is 0 Å². The number of hydrogen-bond donors (Lipinski definition) is 2. The summed E-state index contributed by atoms with van der Waals surface area (Å²) >= 11 is 9.89. The predicted molar refractivity (Wildman–Crippen MR) is 146 cm³/mol. The zero-order chi connectivity index (χ0) is 25.3. The van der Waals surface area contributed by atoms with Gasteiger partial charge in [-0.25, -0.2) is 13.4 Å². The summed E-state index contributed by atoms with van der Waals surface area (Å²) in [4.78, 5) is 11.6. The fourth-order valence-electron chi connectivity index (χ4n) is 4.54. The molecule has 0 saturated carbocycles. The van der Waals surface area contributed by atoms with Crippen LogP contribution in [0.1, 0.15) is 29.5 Å². The molecule has 7 nitrogen and oxygen atoms in total. The Labute approximate surface area is 220 Å². The summed E-state index contributed by atoms with van der Waals surface area (Å²) in [5.74, 6) is 0.997. The van der Waals surface area contributed by atoms with Crippen LogP contribution in [0.15, 0.2) is 45.9 Å². The minimum Gasteiger partial charge on any atom is -0.383 e. The molecule has 3 N–H and O–H groups in total. The molecular formula is C25H29BrClN5O2S. The lowest BCUT2D eigenvalue weighted by Gasteiger charge is -2.32. The molecule has 35 heavy (non-hydrogen) atoms. The van der Waals surface area contributed by atoms with Crippen LogP contribution >= 0.6 is 27.5 Å². The van der Waals surface area contributed by atoms with Crippen LogP contribution in [-0.2, 0) is 16.4 Å². The van der Waals surface area contributed by atoms with Crippen molar-refractivity contribution in [3.05, 3.63) is 62.7 Å². The fraction of sp³-hybridized carbons (Fsp3) is 0.360. The van der Waals surface area contributed by atoms with E-state index in [1.165, 1.54) is 12.3 Å². The van der Waals surface area contributed by atoms with Crippen molar-refractivity contribution in [3.8, 4) is 11.1 Å². The summed E-state index contributed by atoms with van der Waals surface area (Å²) in [5, 5.41) is 3.91. The van der Waals surface area contributed by atoms with Crippen molar-refractivity contribution in [3.63, 3.8) is 0 Å². The van der Waals surface area contributed by atoms with Gasteiger partial charge in [0, 0.05) is 53.2 Å².